The van der Waals surface area contributed by atoms with E-state index in [1.165, 1.54) is 50.3 Å². The monoisotopic (exact) mass is 702 g/mol. The van der Waals surface area contributed by atoms with Gasteiger partial charge in [0.05, 0.1) is 17.8 Å². The Hall–Kier alpha value is -3.65. The molecule has 3 aliphatic rings. The summed E-state index contributed by atoms with van der Waals surface area (Å²) in [5, 5.41) is 11.2. The second-order valence-corrected chi connectivity index (χ2v) is 16.4. The summed E-state index contributed by atoms with van der Waals surface area (Å²) in [5.41, 5.74) is 1.69. The van der Waals surface area contributed by atoms with E-state index >= 15 is 0 Å². The minimum atomic E-state index is -3.48. The highest BCUT2D eigenvalue weighted by Crippen LogP contribution is 2.39. The number of nitrogens with zero attached hydrogens (tertiary/aromatic N) is 6. The summed E-state index contributed by atoms with van der Waals surface area (Å²) in [7, 11) is -1.83. The van der Waals surface area contributed by atoms with E-state index in [0.717, 1.165) is 73.3 Å². The fourth-order valence-electron chi connectivity index (χ4n) is 7.49. The van der Waals surface area contributed by atoms with E-state index in [1.807, 2.05) is 55.5 Å². The number of hydrogen-bond donors (Lipinski definition) is 2. The first-order valence-corrected chi connectivity index (χ1v) is 19.8. The average molecular weight is 703 g/mol. The number of piperidine rings is 2. The lowest BCUT2D eigenvalue weighted by Crippen LogP contribution is -2.54. The number of H-pyrrole nitrogens is 1. The molecule has 5 heterocycles. The fraction of sp³-hybridized carbons (Fsp3) is 0.472. The summed E-state index contributed by atoms with van der Waals surface area (Å²) in [5.74, 6) is 2.43. The Balaban J connectivity index is 1.07. The summed E-state index contributed by atoms with van der Waals surface area (Å²) in [6.07, 6.45) is 8.25. The van der Waals surface area contributed by atoms with Crippen LogP contribution in [0.1, 0.15) is 49.8 Å². The number of benzene rings is 2. The van der Waals surface area contributed by atoms with Gasteiger partial charge in [0.15, 0.2) is 32.4 Å². The molecule has 0 aliphatic carbocycles. The Morgan fingerprint density at radius 2 is 1.61 bits per heavy atom. The van der Waals surface area contributed by atoms with Gasteiger partial charge in [0, 0.05) is 68.0 Å². The van der Waals surface area contributed by atoms with E-state index in [-0.39, 0.29) is 10.6 Å². The third-order valence-electron chi connectivity index (χ3n) is 10.0. The number of hydrogen-bond acceptors (Lipinski definition) is 11. The quantitative estimate of drug-likeness (QED) is 0.172. The van der Waals surface area contributed by atoms with Gasteiger partial charge in [0.25, 0.3) is 0 Å². The van der Waals surface area contributed by atoms with Gasteiger partial charge in [-0.15, -0.1) is 0 Å². The second-order valence-electron chi connectivity index (χ2n) is 13.3. The molecule has 0 atom stereocenters. The molecule has 4 aromatic rings. The molecule has 3 fully saturated rings. The zero-order chi connectivity index (χ0) is 33.8. The third-order valence-corrected chi connectivity index (χ3v) is 12.6. The van der Waals surface area contributed by atoms with Gasteiger partial charge in [-0.3, -0.25) is 14.9 Å². The van der Waals surface area contributed by atoms with Gasteiger partial charge in [0.2, 0.25) is 5.75 Å². The number of anilines is 3. The zero-order valence-corrected chi connectivity index (χ0v) is 30.0. The van der Waals surface area contributed by atoms with E-state index < -0.39 is 9.84 Å². The first-order valence-electron chi connectivity index (χ1n) is 17.4. The van der Waals surface area contributed by atoms with Crippen LogP contribution in [0.2, 0.25) is 0 Å². The van der Waals surface area contributed by atoms with Crippen LogP contribution in [0.3, 0.4) is 0 Å². The molecule has 0 unspecified atom stereocenters. The predicted octanol–water partition coefficient (Wildman–Crippen LogP) is 5.91. The topological polar surface area (TPSA) is 120 Å². The Bertz CT molecular complexity index is 1790. The zero-order valence-electron chi connectivity index (χ0n) is 28.3. The number of methoxy groups -OCH3 is 1. The molecule has 2 aromatic carbocycles. The first-order chi connectivity index (χ1) is 23.8. The molecule has 7 rings (SSSR count). The lowest BCUT2D eigenvalue weighted by Gasteiger charge is -2.47. The molecule has 2 bridgehead atoms. The lowest BCUT2D eigenvalue weighted by molar-refractivity contribution is 0.0312. The minimum absolute atomic E-state index is 0.0421. The summed E-state index contributed by atoms with van der Waals surface area (Å²) < 4.78 is 32.1. The fourth-order valence-corrected chi connectivity index (χ4v) is 9.59. The van der Waals surface area contributed by atoms with E-state index in [9.17, 15) is 8.42 Å². The van der Waals surface area contributed by atoms with Crippen LogP contribution in [0.15, 0.2) is 75.6 Å². The number of rotatable bonds is 12. The molecule has 0 saturated carbocycles. The van der Waals surface area contributed by atoms with Crippen molar-refractivity contribution in [1.82, 2.24) is 30.0 Å². The number of aromatic nitrogens is 4. The van der Waals surface area contributed by atoms with Crippen LogP contribution >= 0.6 is 11.8 Å². The molecule has 0 spiro atoms. The molecule has 2 N–H and O–H groups in total. The van der Waals surface area contributed by atoms with Crippen molar-refractivity contribution < 1.29 is 13.2 Å². The molecule has 0 amide bonds. The third kappa shape index (κ3) is 8.06. The van der Waals surface area contributed by atoms with Crippen LogP contribution in [0.25, 0.3) is 0 Å². The number of sulfone groups is 1. The van der Waals surface area contributed by atoms with Crippen LogP contribution < -0.4 is 15.0 Å². The maximum atomic E-state index is 13.1. The van der Waals surface area contributed by atoms with Crippen molar-refractivity contribution in [3.05, 3.63) is 71.9 Å². The largest absolute Gasteiger partial charge is 0.490 e. The number of nitrogens with one attached hydrogen (secondary N) is 2. The van der Waals surface area contributed by atoms with Crippen LogP contribution in [-0.4, -0.2) is 96.8 Å². The number of aryl methyl sites for hydroxylation is 1. The van der Waals surface area contributed by atoms with E-state index in [4.69, 9.17) is 14.7 Å². The van der Waals surface area contributed by atoms with Crippen molar-refractivity contribution >= 4 is 39.1 Å². The van der Waals surface area contributed by atoms with Crippen molar-refractivity contribution in [3.63, 3.8) is 0 Å². The second kappa shape index (κ2) is 15.1. The van der Waals surface area contributed by atoms with E-state index in [2.05, 4.69) is 30.2 Å². The molecule has 3 saturated heterocycles. The van der Waals surface area contributed by atoms with Crippen molar-refractivity contribution in [1.29, 1.82) is 0 Å². The highest BCUT2D eigenvalue weighted by molar-refractivity contribution is 7.99. The number of aromatic amines is 1. The van der Waals surface area contributed by atoms with Crippen LogP contribution in [0.4, 0.5) is 17.5 Å². The minimum Gasteiger partial charge on any atom is -0.490 e. The Kier molecular flexibility index (Phi) is 10.4. The van der Waals surface area contributed by atoms with Gasteiger partial charge in [-0.05, 0) is 74.2 Å². The van der Waals surface area contributed by atoms with Gasteiger partial charge >= 0.3 is 0 Å². The molecule has 3 aliphatic heterocycles. The molecule has 49 heavy (non-hydrogen) atoms. The van der Waals surface area contributed by atoms with Crippen LogP contribution in [0, 0.1) is 6.92 Å². The highest BCUT2D eigenvalue weighted by atomic mass is 32.2. The molecule has 260 valence electrons. The van der Waals surface area contributed by atoms with Crippen molar-refractivity contribution in [2.45, 2.75) is 78.2 Å². The van der Waals surface area contributed by atoms with Crippen molar-refractivity contribution in [2.24, 2.45) is 0 Å². The molecular weight excluding hydrogens is 657 g/mol. The lowest BCUT2D eigenvalue weighted by atomic mass is 9.84. The van der Waals surface area contributed by atoms with E-state index in [1.54, 1.807) is 19.2 Å². The van der Waals surface area contributed by atoms with Gasteiger partial charge < -0.3 is 15.0 Å². The van der Waals surface area contributed by atoms with Gasteiger partial charge in [-0.2, -0.15) is 5.10 Å². The average Bonchev–Trinajstić information content (AvgIpc) is 3.51. The maximum Gasteiger partial charge on any atom is 0.204 e. The molecule has 11 nitrogen and oxygen atoms in total. The Morgan fingerprint density at radius 3 is 2.24 bits per heavy atom. The smallest absolute Gasteiger partial charge is 0.204 e. The SMILES string of the molecule is COc1c(Nc2cc(C)[nH]n2)nc(Sc2ccc(S(=O)(=O)Cc3ccccc3)cc2)nc1N1CCN(CCN2C3CCCC2CCC3)CC1. The van der Waals surface area contributed by atoms with Crippen LogP contribution in [-0.2, 0) is 15.6 Å². The van der Waals surface area contributed by atoms with Crippen LogP contribution in [0.5, 0.6) is 5.75 Å². The summed E-state index contributed by atoms with van der Waals surface area (Å²) >= 11 is 1.39. The molecular formula is C36H46N8O3S2. The van der Waals surface area contributed by atoms with E-state index in [0.29, 0.717) is 22.5 Å². The molecule has 2 aromatic heterocycles. The van der Waals surface area contributed by atoms with Gasteiger partial charge in [-0.1, -0.05) is 43.2 Å². The van der Waals surface area contributed by atoms with Gasteiger partial charge in [0.1, 0.15) is 0 Å². The standard InChI is InChI=1S/C36H46N8O3S2/c1-26-24-32(41-40-26)37-34-33(47-2)35(43-21-18-42(19-22-43)20-23-44-28-10-6-11-29(44)13-7-12-28)39-36(38-34)48-30-14-16-31(17-15-30)49(45,46)25-27-8-4-3-5-9-27/h3-5,8-9,14-17,24,28-29H,6-7,10-13,18-23,25H2,1-2H3,(H2,37,38,39,40,41). The first kappa shape index (κ1) is 33.8. The Labute approximate surface area is 293 Å². The maximum absolute atomic E-state index is 13.1. The van der Waals surface area contributed by atoms with Crippen molar-refractivity contribution in [3.8, 4) is 5.75 Å². The normalized spacial score (nSPS) is 20.3. The summed E-state index contributed by atoms with van der Waals surface area (Å²) in [6, 6.07) is 19.7. The molecule has 0 radical (unpaired) electrons. The highest BCUT2D eigenvalue weighted by Gasteiger charge is 2.34. The number of fused-ring (bicyclic) bond motifs is 2. The van der Waals surface area contributed by atoms with Crippen molar-refractivity contribution in [2.75, 3.05) is 56.6 Å². The van der Waals surface area contributed by atoms with Gasteiger partial charge in [-0.25, -0.2) is 18.4 Å². The summed E-state index contributed by atoms with van der Waals surface area (Å²) in [6.45, 7) is 7.79. The predicted molar refractivity (Wildman–Crippen MR) is 194 cm³/mol. The summed E-state index contributed by atoms with van der Waals surface area (Å²) in [4.78, 5) is 18.7. The number of ether oxygens (including phenoxy) is 1. The number of piperazine rings is 1. The Morgan fingerprint density at radius 1 is 0.918 bits per heavy atom. The molecule has 13 heteroatoms.